The maximum Gasteiger partial charge on any atom is 0.304 e. The van der Waals surface area contributed by atoms with Crippen molar-refractivity contribution in [3.8, 4) is 12.3 Å². The number of terminal acetylenes is 1. The Morgan fingerprint density at radius 1 is 1.13 bits per heavy atom. The Hall–Kier alpha value is -1.84. The molecule has 0 bridgehead atoms. The second-order valence-corrected chi connectivity index (χ2v) is 10.6. The molecule has 0 radical (unpaired) electrons. The second kappa shape index (κ2) is 7.35. The molecule has 4 aliphatic rings. The van der Waals surface area contributed by atoms with Crippen LogP contribution >= 0.6 is 0 Å². The van der Waals surface area contributed by atoms with Gasteiger partial charge < -0.3 is 19.7 Å². The number of ether oxygens (including phenoxy) is 2. The molecule has 0 saturated heterocycles. The van der Waals surface area contributed by atoms with Gasteiger partial charge in [0.15, 0.2) is 5.60 Å². The van der Waals surface area contributed by atoms with Gasteiger partial charge in [-0.1, -0.05) is 31.4 Å². The minimum Gasteiger partial charge on any atom is -0.459 e. The van der Waals surface area contributed by atoms with Crippen molar-refractivity contribution < 1.29 is 29.3 Å². The first kappa shape index (κ1) is 22.4. The molecule has 0 aromatic heterocycles. The van der Waals surface area contributed by atoms with Gasteiger partial charge in [0, 0.05) is 25.7 Å². The van der Waals surface area contributed by atoms with Crippen LogP contribution in [0.1, 0.15) is 66.2 Å². The van der Waals surface area contributed by atoms with E-state index in [1.165, 1.54) is 13.8 Å². The number of aliphatic hydroxyl groups excluding tert-OH is 2. The molecule has 6 heteroatoms. The molecule has 0 aliphatic heterocycles. The van der Waals surface area contributed by atoms with Crippen molar-refractivity contribution in [3.63, 3.8) is 0 Å². The highest BCUT2D eigenvalue weighted by molar-refractivity contribution is 5.67. The van der Waals surface area contributed by atoms with E-state index >= 15 is 0 Å². The molecule has 4 rings (SSSR count). The summed E-state index contributed by atoms with van der Waals surface area (Å²) in [4.78, 5) is 23.3. The van der Waals surface area contributed by atoms with Crippen molar-refractivity contribution in [2.75, 3.05) is 0 Å². The average molecular weight is 431 g/mol. The smallest absolute Gasteiger partial charge is 0.304 e. The van der Waals surface area contributed by atoms with Gasteiger partial charge in [0.1, 0.15) is 6.10 Å². The molecule has 0 spiro atoms. The van der Waals surface area contributed by atoms with Crippen LogP contribution in [0.5, 0.6) is 0 Å². The Labute approximate surface area is 184 Å². The van der Waals surface area contributed by atoms with Crippen LogP contribution in [-0.4, -0.2) is 46.1 Å². The van der Waals surface area contributed by atoms with E-state index in [0.717, 1.165) is 24.8 Å². The quantitative estimate of drug-likeness (QED) is 0.398. The summed E-state index contributed by atoms with van der Waals surface area (Å²) in [6.45, 7) is 7.04. The van der Waals surface area contributed by atoms with Crippen LogP contribution in [-0.2, 0) is 19.1 Å². The Kier molecular flexibility index (Phi) is 5.30. The van der Waals surface area contributed by atoms with E-state index in [1.807, 2.05) is 6.08 Å². The average Bonchev–Trinajstić information content (AvgIpc) is 2.96. The zero-order valence-corrected chi connectivity index (χ0v) is 18.9. The minimum absolute atomic E-state index is 0.0178. The SMILES string of the molecule is C#CC1(OC(C)=O)CC[C@H]2[C@@H]3C(O)C=C4CC(OC(C)=O)C(O)C[C@]4(C)[C@@H]3CC[C@@]21C. The van der Waals surface area contributed by atoms with E-state index in [-0.39, 0.29) is 29.1 Å². The molecule has 6 nitrogen and oxygen atoms in total. The molecule has 0 aromatic carbocycles. The van der Waals surface area contributed by atoms with Crippen LogP contribution in [0.25, 0.3) is 0 Å². The Morgan fingerprint density at radius 2 is 1.81 bits per heavy atom. The summed E-state index contributed by atoms with van der Waals surface area (Å²) in [6.07, 6.45) is 9.90. The molecule has 3 saturated carbocycles. The summed E-state index contributed by atoms with van der Waals surface area (Å²) in [5, 5.41) is 22.1. The standard InChI is InChI=1S/C25H34O6/c1-6-25(31-15(3)27)10-8-18-22-17(7-9-24(18,25)5)23(4)13-20(29)21(30-14(2)26)12-16(23)11-19(22)28/h1,11,17-22,28-29H,7-10,12-13H2,2-5H3/t17-,18+,19?,20?,21?,22-,23+,24+,25?/m1/s1. The van der Waals surface area contributed by atoms with E-state index in [9.17, 15) is 19.8 Å². The van der Waals surface area contributed by atoms with E-state index in [4.69, 9.17) is 15.9 Å². The summed E-state index contributed by atoms with van der Waals surface area (Å²) in [7, 11) is 0. The largest absolute Gasteiger partial charge is 0.459 e. The number of rotatable bonds is 2. The lowest BCUT2D eigenvalue weighted by molar-refractivity contribution is -0.175. The molecule has 3 fully saturated rings. The molecule has 2 N–H and O–H groups in total. The fourth-order valence-electron chi connectivity index (χ4n) is 7.68. The third kappa shape index (κ3) is 3.15. The van der Waals surface area contributed by atoms with Crippen LogP contribution < -0.4 is 0 Å². The molecule has 4 aliphatic carbocycles. The van der Waals surface area contributed by atoms with Crippen LogP contribution in [0.4, 0.5) is 0 Å². The first-order valence-corrected chi connectivity index (χ1v) is 11.4. The Balaban J connectivity index is 1.69. The summed E-state index contributed by atoms with van der Waals surface area (Å²) >= 11 is 0. The predicted molar refractivity (Wildman–Crippen MR) is 113 cm³/mol. The van der Waals surface area contributed by atoms with E-state index in [0.29, 0.717) is 19.3 Å². The molecule has 31 heavy (non-hydrogen) atoms. The van der Waals surface area contributed by atoms with Crippen LogP contribution in [0.15, 0.2) is 11.6 Å². The van der Waals surface area contributed by atoms with Crippen molar-refractivity contribution in [2.45, 2.75) is 90.1 Å². The van der Waals surface area contributed by atoms with Crippen molar-refractivity contribution in [3.05, 3.63) is 11.6 Å². The summed E-state index contributed by atoms with van der Waals surface area (Å²) in [5.41, 5.74) is -0.539. The molecular weight excluding hydrogens is 396 g/mol. The van der Waals surface area contributed by atoms with E-state index in [2.05, 4.69) is 19.8 Å². The van der Waals surface area contributed by atoms with Crippen LogP contribution in [0, 0.1) is 40.9 Å². The van der Waals surface area contributed by atoms with E-state index in [1.54, 1.807) is 0 Å². The molecule has 0 heterocycles. The van der Waals surface area contributed by atoms with E-state index < -0.39 is 35.3 Å². The molecule has 0 amide bonds. The fourth-order valence-corrected chi connectivity index (χ4v) is 7.68. The third-order valence-corrected chi connectivity index (χ3v) is 9.12. The third-order valence-electron chi connectivity index (χ3n) is 9.12. The first-order chi connectivity index (χ1) is 14.5. The van der Waals surface area contributed by atoms with Crippen LogP contribution in [0.3, 0.4) is 0 Å². The summed E-state index contributed by atoms with van der Waals surface area (Å²) in [5.74, 6) is 2.34. The van der Waals surface area contributed by atoms with Crippen molar-refractivity contribution in [1.29, 1.82) is 0 Å². The zero-order chi connectivity index (χ0) is 22.8. The Bertz CT molecular complexity index is 857. The number of carbonyl (C=O) groups excluding carboxylic acids is 2. The highest BCUT2D eigenvalue weighted by Crippen LogP contribution is 2.67. The molecule has 9 atom stereocenters. The molecule has 0 aromatic rings. The number of aliphatic hydroxyl groups is 2. The Morgan fingerprint density at radius 3 is 2.42 bits per heavy atom. The fraction of sp³-hybridized carbons (Fsp3) is 0.760. The van der Waals surface area contributed by atoms with Gasteiger partial charge in [-0.05, 0) is 55.3 Å². The maximum absolute atomic E-state index is 11.9. The van der Waals surface area contributed by atoms with Gasteiger partial charge in [-0.2, -0.15) is 0 Å². The van der Waals surface area contributed by atoms with Crippen LogP contribution in [0.2, 0.25) is 0 Å². The second-order valence-electron chi connectivity index (χ2n) is 10.6. The van der Waals surface area contributed by atoms with Gasteiger partial charge in [0.2, 0.25) is 0 Å². The van der Waals surface area contributed by atoms with Gasteiger partial charge in [-0.25, -0.2) is 0 Å². The van der Waals surface area contributed by atoms with Gasteiger partial charge in [-0.3, -0.25) is 9.59 Å². The summed E-state index contributed by atoms with van der Waals surface area (Å²) in [6, 6.07) is 0. The van der Waals surface area contributed by atoms with Gasteiger partial charge in [0.25, 0.3) is 0 Å². The van der Waals surface area contributed by atoms with Gasteiger partial charge >= 0.3 is 11.9 Å². The topological polar surface area (TPSA) is 93.1 Å². The summed E-state index contributed by atoms with van der Waals surface area (Å²) < 4.78 is 11.1. The maximum atomic E-state index is 11.9. The molecule has 170 valence electrons. The minimum atomic E-state index is -0.939. The normalized spacial score (nSPS) is 48.4. The highest BCUT2D eigenvalue weighted by Gasteiger charge is 2.67. The number of hydrogen-bond acceptors (Lipinski definition) is 6. The lowest BCUT2D eigenvalue weighted by Gasteiger charge is -2.60. The van der Waals surface area contributed by atoms with Gasteiger partial charge in [-0.15, -0.1) is 6.42 Å². The van der Waals surface area contributed by atoms with Crippen molar-refractivity contribution in [2.24, 2.45) is 28.6 Å². The first-order valence-electron chi connectivity index (χ1n) is 11.4. The lowest BCUT2D eigenvalue weighted by atomic mass is 9.46. The molecular formula is C25H34O6. The number of carbonyl (C=O) groups is 2. The highest BCUT2D eigenvalue weighted by atomic mass is 16.6. The lowest BCUT2D eigenvalue weighted by Crippen LogP contribution is -2.59. The van der Waals surface area contributed by atoms with Crippen molar-refractivity contribution >= 4 is 11.9 Å². The zero-order valence-electron chi connectivity index (χ0n) is 18.9. The van der Waals surface area contributed by atoms with Crippen molar-refractivity contribution in [1.82, 2.24) is 0 Å². The number of fused-ring (bicyclic) bond motifs is 5. The van der Waals surface area contributed by atoms with Gasteiger partial charge in [0.05, 0.1) is 12.2 Å². The molecule has 4 unspecified atom stereocenters. The monoisotopic (exact) mass is 430 g/mol. The number of esters is 2. The number of hydrogen-bond donors (Lipinski definition) is 2. The predicted octanol–water partition coefficient (Wildman–Crippen LogP) is 2.76.